The highest BCUT2D eigenvalue weighted by molar-refractivity contribution is 5.94. The molecular formula is C30H26O2. The highest BCUT2D eigenvalue weighted by atomic mass is 16.1. The Kier molecular flexibility index (Phi) is 6.42. The molecule has 0 heterocycles. The van der Waals surface area contributed by atoms with Crippen molar-refractivity contribution in [3.05, 3.63) is 143 Å². The summed E-state index contributed by atoms with van der Waals surface area (Å²) in [4.78, 5) is 23.7. The number of Topliss-reactive ketones (excluding diaryl/α,β-unsaturated/α-hetero) is 2. The van der Waals surface area contributed by atoms with E-state index in [-0.39, 0.29) is 23.4 Å². The highest BCUT2D eigenvalue weighted by Gasteiger charge is 2.28. The molecule has 32 heavy (non-hydrogen) atoms. The molecule has 0 aliphatic carbocycles. The fraction of sp³-hybridized carbons (Fsp3) is 0.133. The third-order valence-electron chi connectivity index (χ3n) is 6.00. The topological polar surface area (TPSA) is 34.1 Å². The molecule has 158 valence electrons. The molecule has 4 aromatic carbocycles. The third kappa shape index (κ3) is 4.60. The lowest BCUT2D eigenvalue weighted by atomic mass is 9.73. The van der Waals surface area contributed by atoms with Crippen LogP contribution < -0.4 is 0 Å². The summed E-state index contributed by atoms with van der Waals surface area (Å²) in [6.07, 6.45) is 0. The molecule has 2 unspecified atom stereocenters. The number of hydrogen-bond donors (Lipinski definition) is 0. The van der Waals surface area contributed by atoms with Crippen LogP contribution in [0.15, 0.2) is 109 Å². The molecule has 0 saturated carbocycles. The summed E-state index contributed by atoms with van der Waals surface area (Å²) in [6, 6.07) is 36.8. The number of hydrogen-bond acceptors (Lipinski definition) is 2. The van der Waals surface area contributed by atoms with Gasteiger partial charge in [0.05, 0.1) is 0 Å². The lowest BCUT2D eigenvalue weighted by Crippen LogP contribution is -2.15. The molecule has 0 N–H and O–H groups in total. The van der Waals surface area contributed by atoms with Crippen molar-refractivity contribution in [3.63, 3.8) is 0 Å². The fourth-order valence-corrected chi connectivity index (χ4v) is 4.33. The van der Waals surface area contributed by atoms with Gasteiger partial charge in [0.25, 0.3) is 0 Å². The second-order valence-corrected chi connectivity index (χ2v) is 8.13. The summed E-state index contributed by atoms with van der Waals surface area (Å²) in [5, 5.41) is 0. The molecule has 4 rings (SSSR count). The van der Waals surface area contributed by atoms with Crippen molar-refractivity contribution in [2.75, 3.05) is 0 Å². The van der Waals surface area contributed by atoms with Gasteiger partial charge in [0.15, 0.2) is 11.6 Å². The normalized spacial score (nSPS) is 12.7. The van der Waals surface area contributed by atoms with Crippen LogP contribution in [-0.2, 0) is 0 Å². The van der Waals surface area contributed by atoms with Gasteiger partial charge in [-0.25, -0.2) is 0 Å². The van der Waals surface area contributed by atoms with E-state index in [2.05, 4.69) is 72.8 Å². The zero-order valence-corrected chi connectivity index (χ0v) is 18.4. The lowest BCUT2D eigenvalue weighted by molar-refractivity contribution is 0.100. The molecule has 0 aliphatic heterocycles. The molecule has 0 saturated heterocycles. The van der Waals surface area contributed by atoms with E-state index in [1.54, 1.807) is 13.8 Å². The molecule has 0 radical (unpaired) electrons. The van der Waals surface area contributed by atoms with Crippen LogP contribution in [0.2, 0.25) is 0 Å². The minimum absolute atomic E-state index is 0.0442. The smallest absolute Gasteiger partial charge is 0.159 e. The maximum absolute atomic E-state index is 11.8. The molecule has 4 aromatic rings. The molecule has 2 nitrogen and oxygen atoms in total. The largest absolute Gasteiger partial charge is 0.295 e. The average Bonchev–Trinajstić information content (AvgIpc) is 2.84. The van der Waals surface area contributed by atoms with E-state index in [4.69, 9.17) is 0 Å². The van der Waals surface area contributed by atoms with Crippen LogP contribution in [0.25, 0.3) is 0 Å². The van der Waals surface area contributed by atoms with E-state index in [0.29, 0.717) is 11.1 Å². The van der Waals surface area contributed by atoms with Crippen LogP contribution in [0.4, 0.5) is 0 Å². The van der Waals surface area contributed by atoms with E-state index in [1.165, 1.54) is 11.1 Å². The number of ketones is 2. The van der Waals surface area contributed by atoms with Crippen molar-refractivity contribution in [3.8, 4) is 0 Å². The Morgan fingerprint density at radius 2 is 0.719 bits per heavy atom. The quantitative estimate of drug-likeness (QED) is 0.301. The van der Waals surface area contributed by atoms with Gasteiger partial charge in [0.2, 0.25) is 0 Å². The van der Waals surface area contributed by atoms with Crippen LogP contribution in [-0.4, -0.2) is 11.6 Å². The third-order valence-corrected chi connectivity index (χ3v) is 6.00. The molecule has 2 heteroatoms. The fourth-order valence-electron chi connectivity index (χ4n) is 4.33. The Hall–Kier alpha value is -3.78. The second kappa shape index (κ2) is 9.57. The van der Waals surface area contributed by atoms with Gasteiger partial charge in [0.1, 0.15) is 0 Å². The summed E-state index contributed by atoms with van der Waals surface area (Å²) in [7, 11) is 0. The van der Waals surface area contributed by atoms with E-state index in [1.807, 2.05) is 36.4 Å². The van der Waals surface area contributed by atoms with Gasteiger partial charge >= 0.3 is 0 Å². The van der Waals surface area contributed by atoms with Crippen molar-refractivity contribution in [2.45, 2.75) is 25.7 Å². The van der Waals surface area contributed by atoms with Crippen LogP contribution >= 0.6 is 0 Å². The molecular weight excluding hydrogens is 392 g/mol. The van der Waals surface area contributed by atoms with Gasteiger partial charge in [-0.2, -0.15) is 0 Å². The van der Waals surface area contributed by atoms with Crippen LogP contribution in [0.3, 0.4) is 0 Å². The standard InChI is InChI=1S/C30H26O2/c1-21(31)23-13-17-27(18-14-23)29(25-9-5-3-6-10-25)30(26-11-7-4-8-12-26)28-19-15-24(16-20-28)22(2)32/h3-20,29-30H,1-2H3. The molecule has 2 atom stereocenters. The van der Waals surface area contributed by atoms with Gasteiger partial charge in [-0.3, -0.25) is 9.59 Å². The van der Waals surface area contributed by atoms with Gasteiger partial charge in [-0.05, 0) is 36.1 Å². The first-order valence-corrected chi connectivity index (χ1v) is 10.9. The van der Waals surface area contributed by atoms with E-state index >= 15 is 0 Å². The Labute approximate surface area is 189 Å². The van der Waals surface area contributed by atoms with Crippen LogP contribution in [0.5, 0.6) is 0 Å². The minimum Gasteiger partial charge on any atom is -0.295 e. The molecule has 0 aliphatic rings. The number of rotatable bonds is 7. The summed E-state index contributed by atoms with van der Waals surface area (Å²) in [6.45, 7) is 3.18. The summed E-state index contributed by atoms with van der Waals surface area (Å²) >= 11 is 0. The van der Waals surface area contributed by atoms with Gasteiger partial charge in [-0.1, -0.05) is 109 Å². The van der Waals surface area contributed by atoms with E-state index in [9.17, 15) is 9.59 Å². The minimum atomic E-state index is 0.0442. The zero-order valence-electron chi connectivity index (χ0n) is 18.4. The highest BCUT2D eigenvalue weighted by Crippen LogP contribution is 2.43. The van der Waals surface area contributed by atoms with Crippen molar-refractivity contribution in [2.24, 2.45) is 0 Å². The van der Waals surface area contributed by atoms with E-state index < -0.39 is 0 Å². The van der Waals surface area contributed by atoms with Gasteiger partial charge in [0, 0.05) is 23.0 Å². The Balaban J connectivity index is 1.90. The maximum Gasteiger partial charge on any atom is 0.159 e. The molecule has 0 aromatic heterocycles. The van der Waals surface area contributed by atoms with Crippen LogP contribution in [0, 0.1) is 0 Å². The number of benzene rings is 4. The summed E-state index contributed by atoms with van der Waals surface area (Å²) < 4.78 is 0. The Bertz CT molecular complexity index is 1090. The lowest BCUT2D eigenvalue weighted by Gasteiger charge is -2.29. The SMILES string of the molecule is CC(=O)c1ccc(C(c2ccccc2)C(c2ccccc2)c2ccc(C(C)=O)cc2)cc1. The van der Waals surface area contributed by atoms with Gasteiger partial charge < -0.3 is 0 Å². The molecule has 0 bridgehead atoms. The summed E-state index contributed by atoms with van der Waals surface area (Å²) in [5.74, 6) is 0.213. The van der Waals surface area contributed by atoms with Crippen molar-refractivity contribution < 1.29 is 9.59 Å². The molecule has 0 spiro atoms. The average molecular weight is 419 g/mol. The Morgan fingerprint density at radius 1 is 0.438 bits per heavy atom. The Morgan fingerprint density at radius 3 is 1.00 bits per heavy atom. The molecule has 0 amide bonds. The first-order valence-electron chi connectivity index (χ1n) is 10.9. The van der Waals surface area contributed by atoms with Crippen molar-refractivity contribution in [1.29, 1.82) is 0 Å². The maximum atomic E-state index is 11.8. The second-order valence-electron chi connectivity index (χ2n) is 8.13. The first kappa shape index (κ1) is 21.5. The monoisotopic (exact) mass is 418 g/mol. The summed E-state index contributed by atoms with van der Waals surface area (Å²) in [5.41, 5.74) is 6.11. The zero-order chi connectivity index (χ0) is 22.5. The number of carbonyl (C=O) groups excluding carboxylic acids is 2. The molecule has 0 fully saturated rings. The van der Waals surface area contributed by atoms with Gasteiger partial charge in [-0.15, -0.1) is 0 Å². The van der Waals surface area contributed by atoms with Crippen molar-refractivity contribution in [1.82, 2.24) is 0 Å². The predicted octanol–water partition coefficient (Wildman–Crippen LogP) is 7.06. The van der Waals surface area contributed by atoms with Crippen LogP contribution in [0.1, 0.15) is 68.7 Å². The van der Waals surface area contributed by atoms with Crippen molar-refractivity contribution >= 4 is 11.6 Å². The van der Waals surface area contributed by atoms with E-state index in [0.717, 1.165) is 11.1 Å². The predicted molar refractivity (Wildman–Crippen MR) is 129 cm³/mol. The number of carbonyl (C=O) groups is 2. The first-order chi connectivity index (χ1) is 15.5.